The van der Waals surface area contributed by atoms with Gasteiger partial charge in [-0.15, -0.1) is 0 Å². The highest BCUT2D eigenvalue weighted by Crippen LogP contribution is 2.26. The Morgan fingerprint density at radius 2 is 1.88 bits per heavy atom. The van der Waals surface area contributed by atoms with Crippen molar-refractivity contribution in [3.05, 3.63) is 57.6 Å². The molecule has 0 spiro atoms. The van der Waals surface area contributed by atoms with Gasteiger partial charge in [0.15, 0.2) is 6.10 Å². The molecule has 1 saturated carbocycles. The van der Waals surface area contributed by atoms with Crippen molar-refractivity contribution in [2.75, 3.05) is 5.32 Å². The minimum atomic E-state index is -1.01. The first-order valence-corrected chi connectivity index (χ1v) is 11.6. The number of hydrogen-bond acceptors (Lipinski definition) is 3. The number of benzene rings is 2. The summed E-state index contributed by atoms with van der Waals surface area (Å²) in [4.78, 5) is 22.9. The number of nitrogens with one attached hydrogen (secondary N) is 1. The monoisotopic (exact) mass is 479 g/mol. The molecule has 2 N–H and O–H groups in total. The highest BCUT2D eigenvalue weighted by Gasteiger charge is 2.14. The number of amides is 1. The van der Waals surface area contributed by atoms with Crippen molar-refractivity contribution >= 4 is 40.8 Å². The van der Waals surface area contributed by atoms with E-state index in [1.807, 2.05) is 19.1 Å². The Balaban J connectivity index is 0.000000636. The van der Waals surface area contributed by atoms with Crippen LogP contribution in [0.3, 0.4) is 0 Å². The molecule has 1 aliphatic rings. The zero-order chi connectivity index (χ0) is 23.7. The molecular formula is C25H31Cl2NO4. The number of carbonyl (C=O) groups is 2. The normalized spacial score (nSPS) is 13.9. The molecule has 1 fully saturated rings. The molecule has 0 radical (unpaired) electrons. The summed E-state index contributed by atoms with van der Waals surface area (Å²) in [6.45, 7) is 5.66. The number of anilines is 1. The molecule has 2 aromatic rings. The SMILES string of the molecule is CC1CCC1.Cc1cc(CCCC(=O)Nc2ccc(Cl)cc2Cl)ccc1OC(C)C(=O)O. The number of ether oxygens (including phenoxy) is 1. The van der Waals surface area contributed by atoms with Crippen LogP contribution in [-0.4, -0.2) is 23.1 Å². The van der Waals surface area contributed by atoms with Crippen LogP contribution in [0.1, 0.15) is 57.1 Å². The molecule has 1 aliphatic carbocycles. The van der Waals surface area contributed by atoms with Crippen molar-refractivity contribution < 1.29 is 19.4 Å². The van der Waals surface area contributed by atoms with Gasteiger partial charge in [-0.05, 0) is 68.0 Å². The first kappa shape index (κ1) is 26.0. The quantitative estimate of drug-likeness (QED) is 0.430. The summed E-state index contributed by atoms with van der Waals surface area (Å²) in [5, 5.41) is 12.6. The van der Waals surface area contributed by atoms with Crippen LogP contribution in [0, 0.1) is 12.8 Å². The van der Waals surface area contributed by atoms with E-state index in [0.717, 1.165) is 23.5 Å². The zero-order valence-corrected chi connectivity index (χ0v) is 20.3. The van der Waals surface area contributed by atoms with Crippen LogP contribution in [-0.2, 0) is 16.0 Å². The van der Waals surface area contributed by atoms with E-state index in [4.69, 9.17) is 33.0 Å². The first-order valence-electron chi connectivity index (χ1n) is 10.9. The summed E-state index contributed by atoms with van der Waals surface area (Å²) in [5.74, 6) is 0.482. The van der Waals surface area contributed by atoms with Gasteiger partial charge in [-0.3, -0.25) is 4.79 Å². The van der Waals surface area contributed by atoms with Gasteiger partial charge < -0.3 is 15.2 Å². The highest BCUT2D eigenvalue weighted by atomic mass is 35.5. The molecule has 2 aromatic carbocycles. The van der Waals surface area contributed by atoms with Gasteiger partial charge in [-0.25, -0.2) is 4.79 Å². The van der Waals surface area contributed by atoms with Crippen LogP contribution in [0.5, 0.6) is 5.75 Å². The summed E-state index contributed by atoms with van der Waals surface area (Å²) in [7, 11) is 0. The van der Waals surface area contributed by atoms with Crippen LogP contribution in [0.15, 0.2) is 36.4 Å². The summed E-state index contributed by atoms with van der Waals surface area (Å²) < 4.78 is 5.40. The molecule has 32 heavy (non-hydrogen) atoms. The van der Waals surface area contributed by atoms with E-state index in [0.29, 0.717) is 34.3 Å². The Labute approximate surface area is 200 Å². The third-order valence-electron chi connectivity index (χ3n) is 5.36. The molecule has 3 rings (SSSR count). The fourth-order valence-corrected chi connectivity index (χ4v) is 3.56. The standard InChI is InChI=1S/C20H21Cl2NO4.C5H10/c1-12-10-14(6-9-18(12)27-13(2)20(25)26)4-3-5-19(24)23-17-8-7-15(21)11-16(17)22;1-5-3-2-4-5/h6-11,13H,3-5H2,1-2H3,(H,23,24)(H,25,26);5H,2-4H2,1H3. The summed E-state index contributed by atoms with van der Waals surface area (Å²) in [5.41, 5.74) is 2.45. The summed E-state index contributed by atoms with van der Waals surface area (Å²) in [6, 6.07) is 10.5. The van der Waals surface area contributed by atoms with Crippen molar-refractivity contribution in [2.45, 2.75) is 65.4 Å². The molecule has 1 unspecified atom stereocenters. The Bertz CT molecular complexity index is 928. The fourth-order valence-electron chi connectivity index (χ4n) is 3.11. The van der Waals surface area contributed by atoms with E-state index in [9.17, 15) is 9.59 Å². The molecule has 174 valence electrons. The Hall–Kier alpha value is -2.24. The molecule has 5 nitrogen and oxygen atoms in total. The average molecular weight is 480 g/mol. The van der Waals surface area contributed by atoms with Gasteiger partial charge in [0.25, 0.3) is 0 Å². The van der Waals surface area contributed by atoms with E-state index < -0.39 is 12.1 Å². The van der Waals surface area contributed by atoms with Gasteiger partial charge in [0.05, 0.1) is 10.7 Å². The third kappa shape index (κ3) is 8.71. The Morgan fingerprint density at radius 1 is 1.19 bits per heavy atom. The minimum absolute atomic E-state index is 0.119. The lowest BCUT2D eigenvalue weighted by atomic mass is 9.88. The fraction of sp³-hybridized carbons (Fsp3) is 0.440. The number of aryl methyl sites for hydroxylation is 2. The lowest BCUT2D eigenvalue weighted by Gasteiger charge is -2.18. The largest absolute Gasteiger partial charge is 0.479 e. The van der Waals surface area contributed by atoms with Crippen molar-refractivity contribution in [1.29, 1.82) is 0 Å². The number of aliphatic carboxylic acids is 1. The summed E-state index contributed by atoms with van der Waals surface area (Å²) >= 11 is 11.9. The Kier molecular flexibility index (Phi) is 10.3. The number of hydrogen-bond donors (Lipinski definition) is 2. The van der Waals surface area contributed by atoms with Crippen LogP contribution in [0.25, 0.3) is 0 Å². The number of halogens is 2. The smallest absolute Gasteiger partial charge is 0.344 e. The van der Waals surface area contributed by atoms with Crippen LogP contribution < -0.4 is 10.1 Å². The van der Waals surface area contributed by atoms with Gasteiger partial charge in [0.2, 0.25) is 5.91 Å². The van der Waals surface area contributed by atoms with Gasteiger partial charge in [-0.1, -0.05) is 61.5 Å². The zero-order valence-electron chi connectivity index (χ0n) is 18.8. The summed E-state index contributed by atoms with van der Waals surface area (Å²) in [6.07, 6.45) is 5.30. The minimum Gasteiger partial charge on any atom is -0.479 e. The van der Waals surface area contributed by atoms with Gasteiger partial charge in [0, 0.05) is 11.4 Å². The maximum absolute atomic E-state index is 12.1. The predicted octanol–water partition coefficient (Wildman–Crippen LogP) is 6.92. The number of carboxylic acids is 1. The van der Waals surface area contributed by atoms with Crippen molar-refractivity contribution in [3.63, 3.8) is 0 Å². The molecule has 1 atom stereocenters. The lowest BCUT2D eigenvalue weighted by Crippen LogP contribution is -2.23. The highest BCUT2D eigenvalue weighted by molar-refractivity contribution is 6.36. The second-order valence-electron chi connectivity index (χ2n) is 8.26. The molecule has 0 heterocycles. The molecular weight excluding hydrogens is 449 g/mol. The number of carbonyl (C=O) groups excluding carboxylic acids is 1. The molecule has 0 saturated heterocycles. The second-order valence-corrected chi connectivity index (χ2v) is 9.10. The van der Waals surface area contributed by atoms with Crippen molar-refractivity contribution in [3.8, 4) is 5.75 Å². The van der Waals surface area contributed by atoms with Gasteiger partial charge in [0.1, 0.15) is 5.75 Å². The predicted molar refractivity (Wildman–Crippen MR) is 130 cm³/mol. The van der Waals surface area contributed by atoms with Crippen molar-refractivity contribution in [2.24, 2.45) is 5.92 Å². The van der Waals surface area contributed by atoms with E-state index in [1.54, 1.807) is 24.3 Å². The van der Waals surface area contributed by atoms with Crippen LogP contribution in [0.2, 0.25) is 10.0 Å². The lowest BCUT2D eigenvalue weighted by molar-refractivity contribution is -0.144. The molecule has 7 heteroatoms. The van der Waals surface area contributed by atoms with Gasteiger partial charge >= 0.3 is 5.97 Å². The topological polar surface area (TPSA) is 75.6 Å². The number of carboxylic acid groups (broad SMARTS) is 1. The molecule has 0 aromatic heterocycles. The third-order valence-corrected chi connectivity index (χ3v) is 5.91. The maximum atomic E-state index is 12.1. The van der Waals surface area contributed by atoms with Crippen LogP contribution >= 0.6 is 23.2 Å². The van der Waals surface area contributed by atoms with Crippen molar-refractivity contribution in [1.82, 2.24) is 0 Å². The molecule has 1 amide bonds. The van der Waals surface area contributed by atoms with E-state index in [1.165, 1.54) is 26.2 Å². The van der Waals surface area contributed by atoms with Gasteiger partial charge in [-0.2, -0.15) is 0 Å². The van der Waals surface area contributed by atoms with E-state index >= 15 is 0 Å². The molecule has 0 bridgehead atoms. The van der Waals surface area contributed by atoms with E-state index in [-0.39, 0.29) is 5.91 Å². The van der Waals surface area contributed by atoms with Crippen LogP contribution in [0.4, 0.5) is 5.69 Å². The Morgan fingerprint density at radius 3 is 2.41 bits per heavy atom. The molecule has 0 aliphatic heterocycles. The average Bonchev–Trinajstić information content (AvgIpc) is 2.71. The second kappa shape index (κ2) is 12.7. The first-order chi connectivity index (χ1) is 15.2. The maximum Gasteiger partial charge on any atom is 0.344 e. The number of rotatable bonds is 8. The van der Waals surface area contributed by atoms with E-state index in [2.05, 4.69) is 12.2 Å².